The highest BCUT2D eigenvalue weighted by Gasteiger charge is 2.39. The Morgan fingerprint density at radius 2 is 1.70 bits per heavy atom. The molecular weight excluding hydrogens is 747 g/mol. The third kappa shape index (κ3) is 11.9. The number of amides is 1. The number of nitrogens with one attached hydrogen (secondary N) is 1. The fourth-order valence-corrected chi connectivity index (χ4v) is 8.67. The number of nitrogens with zero attached hydrogens (tertiary/aromatic N) is 2. The molecule has 308 valence electrons. The molecule has 1 aliphatic heterocycles. The van der Waals surface area contributed by atoms with Crippen molar-refractivity contribution in [1.29, 1.82) is 0 Å². The molecule has 0 radical (unpaired) electrons. The first-order valence-electron chi connectivity index (χ1n) is 19.6. The Bertz CT molecular complexity index is 1960. The maximum absolute atomic E-state index is 13.6. The van der Waals surface area contributed by atoms with E-state index in [9.17, 15) is 22.0 Å². The maximum atomic E-state index is 13.6. The number of para-hydroxylation sites is 2. The van der Waals surface area contributed by atoms with Gasteiger partial charge in [0.25, 0.3) is 10.1 Å². The van der Waals surface area contributed by atoms with E-state index in [1.165, 1.54) is 18.2 Å². The van der Waals surface area contributed by atoms with Gasteiger partial charge in [0, 0.05) is 48.4 Å². The Morgan fingerprint density at radius 1 is 1.00 bits per heavy atom. The van der Waals surface area contributed by atoms with Crippen LogP contribution in [0.5, 0.6) is 0 Å². The summed E-state index contributed by atoms with van der Waals surface area (Å²) in [5.74, 6) is 0.260. The lowest BCUT2D eigenvalue weighted by atomic mass is 9.80. The van der Waals surface area contributed by atoms with Gasteiger partial charge in [0.2, 0.25) is 0 Å². The van der Waals surface area contributed by atoms with E-state index in [1.54, 1.807) is 11.9 Å². The van der Waals surface area contributed by atoms with Gasteiger partial charge < -0.3 is 19.5 Å². The van der Waals surface area contributed by atoms with Crippen LogP contribution in [-0.2, 0) is 40.9 Å². The van der Waals surface area contributed by atoms with Gasteiger partial charge >= 0.3 is 6.09 Å². The molecule has 2 aromatic carbocycles. The maximum Gasteiger partial charge on any atom is 0.414 e. The minimum absolute atomic E-state index is 0.000144. The molecule has 12 heteroatoms. The number of unbranched alkanes of at least 4 members (excludes halogenated alkanes) is 2. The minimum Gasteiger partial charge on any atom is -0.443 e. The fraction of sp³-hybridized carbons (Fsp3) is 0.523. The first-order chi connectivity index (χ1) is 26.3. The Kier molecular flexibility index (Phi) is 15.4. The molecule has 10 nitrogen and oxygen atoms in total. The lowest BCUT2D eigenvalue weighted by molar-refractivity contribution is 0.0356. The number of carbonyl (C=O) groups excluding carboxylic acids is 1. The van der Waals surface area contributed by atoms with Crippen LogP contribution in [0.2, 0.25) is 0 Å². The second-order valence-electron chi connectivity index (χ2n) is 16.8. The molecule has 0 bridgehead atoms. The number of rotatable bonds is 18. The zero-order valence-corrected chi connectivity index (χ0v) is 36.4. The van der Waals surface area contributed by atoms with Gasteiger partial charge in [0.1, 0.15) is 5.60 Å². The van der Waals surface area contributed by atoms with Crippen LogP contribution in [0.4, 0.5) is 16.2 Å². The number of benzene rings is 2. The molecular formula is C44H63N3O7S2. The number of hydrogen-bond acceptors (Lipinski definition) is 8. The molecule has 0 aromatic heterocycles. The molecule has 1 heterocycles. The zero-order valence-electron chi connectivity index (χ0n) is 34.8. The van der Waals surface area contributed by atoms with Crippen LogP contribution < -0.4 is 10.2 Å². The van der Waals surface area contributed by atoms with Gasteiger partial charge in [-0.1, -0.05) is 82.3 Å². The first kappa shape index (κ1) is 45.0. The third-order valence-electron chi connectivity index (χ3n) is 10.5. The SMILES string of the molecule is COS(=O)(=O)CCCCNc1ccccc1C(C)(C)C/C=C/C1=C(N(C)C(=O)OC(C)(C)C)C(=C/C=C2/N(CCCCS(=O)O)c3ccccc3C2(C)C)/CC1. The predicted octanol–water partition coefficient (Wildman–Crippen LogP) is 9.60. The molecule has 2 aromatic rings. The predicted molar refractivity (Wildman–Crippen MR) is 230 cm³/mol. The lowest BCUT2D eigenvalue weighted by Crippen LogP contribution is -2.34. The quantitative estimate of drug-likeness (QED) is 0.0861. The van der Waals surface area contributed by atoms with Crippen LogP contribution in [-0.4, -0.2) is 72.5 Å². The summed E-state index contributed by atoms with van der Waals surface area (Å²) >= 11 is -1.81. The van der Waals surface area contributed by atoms with Gasteiger partial charge in [-0.15, -0.1) is 0 Å². The van der Waals surface area contributed by atoms with E-state index in [1.807, 2.05) is 32.9 Å². The van der Waals surface area contributed by atoms with Gasteiger partial charge in [-0.2, -0.15) is 8.42 Å². The molecule has 0 spiro atoms. The molecule has 1 aliphatic carbocycles. The smallest absolute Gasteiger partial charge is 0.414 e. The molecule has 1 unspecified atom stereocenters. The number of carbonyl (C=O) groups is 1. The monoisotopic (exact) mass is 809 g/mol. The first-order valence-corrected chi connectivity index (χ1v) is 22.5. The van der Waals surface area contributed by atoms with E-state index in [0.717, 1.165) is 66.1 Å². The van der Waals surface area contributed by atoms with Crippen molar-refractivity contribution in [3.8, 4) is 0 Å². The average molecular weight is 810 g/mol. The molecule has 2 aliphatic rings. The summed E-state index contributed by atoms with van der Waals surface area (Å²) in [5.41, 5.74) is 7.57. The average Bonchev–Trinajstić information content (AvgIpc) is 3.62. The van der Waals surface area contributed by atoms with Crippen molar-refractivity contribution in [2.24, 2.45) is 0 Å². The highest BCUT2D eigenvalue weighted by atomic mass is 32.2. The Labute approximate surface area is 338 Å². The van der Waals surface area contributed by atoms with E-state index >= 15 is 0 Å². The van der Waals surface area contributed by atoms with Crippen molar-refractivity contribution in [2.45, 2.75) is 110 Å². The summed E-state index contributed by atoms with van der Waals surface area (Å²) < 4.78 is 54.5. The fourth-order valence-electron chi connectivity index (χ4n) is 7.49. The number of hydrogen-bond donors (Lipinski definition) is 2. The number of likely N-dealkylation sites (N-methyl/N-ethyl adjacent to an activating group) is 1. The van der Waals surface area contributed by atoms with Crippen molar-refractivity contribution in [1.82, 2.24) is 4.90 Å². The van der Waals surface area contributed by atoms with Gasteiger partial charge in [-0.05, 0) is 112 Å². The standard InChI is InChI=1S/C44H63N3O7S2/c1-42(2,3)54-41(48)46(8)40-33(19-18-28-43(4,5)35-20-10-12-22-37(35)45-29-14-17-32-56(51,52)53-9)24-25-34(40)26-27-39-44(6,7)36-21-11-13-23-38(36)47(39)30-15-16-31-55(49)50/h10-13,18-23,26-27,45H,14-17,24-25,28-32H2,1-9H3,(H,49,50)/b19-18+,34-26+,39-27+. The molecule has 0 saturated carbocycles. The largest absolute Gasteiger partial charge is 0.443 e. The number of anilines is 2. The summed E-state index contributed by atoms with van der Waals surface area (Å²) in [6.07, 6.45) is 13.2. The van der Waals surface area contributed by atoms with E-state index in [-0.39, 0.29) is 22.3 Å². The van der Waals surface area contributed by atoms with Crippen molar-refractivity contribution in [3.63, 3.8) is 0 Å². The molecule has 1 amide bonds. The third-order valence-corrected chi connectivity index (χ3v) is 12.4. The van der Waals surface area contributed by atoms with Gasteiger partial charge in [-0.25, -0.2) is 9.00 Å². The molecule has 0 fully saturated rings. The van der Waals surface area contributed by atoms with Crippen LogP contribution >= 0.6 is 0 Å². The van der Waals surface area contributed by atoms with E-state index in [2.05, 4.69) is 103 Å². The van der Waals surface area contributed by atoms with Gasteiger partial charge in [-0.3, -0.25) is 9.08 Å². The minimum atomic E-state index is -3.46. The summed E-state index contributed by atoms with van der Waals surface area (Å²) in [4.78, 5) is 17.5. The van der Waals surface area contributed by atoms with Gasteiger partial charge in [0.05, 0.1) is 18.6 Å². The van der Waals surface area contributed by atoms with Crippen molar-refractivity contribution >= 4 is 38.7 Å². The molecule has 2 N–H and O–H groups in total. The van der Waals surface area contributed by atoms with Crippen LogP contribution in [0.25, 0.3) is 0 Å². The number of fused-ring (bicyclic) bond motifs is 1. The van der Waals surface area contributed by atoms with Crippen molar-refractivity contribution < 1.29 is 30.9 Å². The Hall–Kier alpha value is -3.71. The van der Waals surface area contributed by atoms with Crippen LogP contribution in [0, 0.1) is 0 Å². The summed E-state index contributed by atoms with van der Waals surface area (Å²) in [7, 11) is -0.482. The lowest BCUT2D eigenvalue weighted by Gasteiger charge is -2.28. The molecule has 1 atom stereocenters. The van der Waals surface area contributed by atoms with E-state index in [0.29, 0.717) is 25.8 Å². The summed E-state index contributed by atoms with van der Waals surface area (Å²) in [6, 6.07) is 16.7. The molecule has 56 heavy (non-hydrogen) atoms. The van der Waals surface area contributed by atoms with Crippen molar-refractivity contribution in [3.05, 3.63) is 107 Å². The summed E-state index contributed by atoms with van der Waals surface area (Å²) in [5, 5.41) is 3.52. The van der Waals surface area contributed by atoms with Gasteiger partial charge in [0.15, 0.2) is 11.1 Å². The van der Waals surface area contributed by atoms with Crippen LogP contribution in [0.3, 0.4) is 0 Å². The zero-order chi connectivity index (χ0) is 41.3. The summed E-state index contributed by atoms with van der Waals surface area (Å²) in [6.45, 7) is 15.9. The Balaban J connectivity index is 1.62. The van der Waals surface area contributed by atoms with Crippen LogP contribution in [0.15, 0.2) is 95.4 Å². The second-order valence-corrected chi connectivity index (χ2v) is 19.7. The molecule has 4 rings (SSSR count). The Morgan fingerprint density at radius 3 is 2.39 bits per heavy atom. The highest BCUT2D eigenvalue weighted by Crippen LogP contribution is 2.48. The topological polar surface area (TPSA) is 125 Å². The second kappa shape index (κ2) is 19.2. The van der Waals surface area contributed by atoms with Crippen molar-refractivity contribution in [2.75, 3.05) is 49.0 Å². The molecule has 0 saturated heterocycles. The number of ether oxygens (including phenoxy) is 1. The normalized spacial score (nSPS) is 17.9. The van der Waals surface area contributed by atoms with E-state index in [4.69, 9.17) is 4.74 Å². The van der Waals surface area contributed by atoms with Crippen LogP contribution in [0.1, 0.15) is 105 Å². The number of allylic oxidation sites excluding steroid dienone is 7. The van der Waals surface area contributed by atoms with E-state index < -0.39 is 32.9 Å². The highest BCUT2D eigenvalue weighted by molar-refractivity contribution is 7.86.